The maximum atomic E-state index is 12.0. The molecule has 0 atom stereocenters. The first-order valence-electron chi connectivity index (χ1n) is 5.93. The quantitative estimate of drug-likeness (QED) is 0.796. The lowest BCUT2D eigenvalue weighted by molar-refractivity contribution is 0.0955. The Morgan fingerprint density at radius 1 is 1.19 bits per heavy atom. The summed E-state index contributed by atoms with van der Waals surface area (Å²) in [5.74, 6) is -0.731. The minimum Gasteiger partial charge on any atom is -0.351 e. The van der Waals surface area contributed by atoms with E-state index in [4.69, 9.17) is 10.7 Å². The monoisotopic (exact) mass is 353 g/mol. The van der Waals surface area contributed by atoms with Crippen molar-refractivity contribution in [1.29, 1.82) is 0 Å². The molecule has 0 saturated carbocycles. The average Bonchev–Trinajstić information content (AvgIpc) is 2.29. The van der Waals surface area contributed by atoms with E-state index in [0.717, 1.165) is 6.26 Å². The van der Waals surface area contributed by atoms with Gasteiger partial charge in [0.25, 0.3) is 15.0 Å². The van der Waals surface area contributed by atoms with Crippen molar-refractivity contribution in [3.63, 3.8) is 0 Å². The third-order valence-corrected chi connectivity index (χ3v) is 5.20. The van der Waals surface area contributed by atoms with E-state index >= 15 is 0 Å². The molecule has 0 aliphatic heterocycles. The van der Waals surface area contributed by atoms with Gasteiger partial charge in [0.2, 0.25) is 0 Å². The molecule has 1 rings (SSSR count). The van der Waals surface area contributed by atoms with Gasteiger partial charge in [0.05, 0.1) is 10.6 Å². The van der Waals surface area contributed by atoms with Crippen molar-refractivity contribution < 1.29 is 21.6 Å². The van der Waals surface area contributed by atoms with E-state index in [0.29, 0.717) is 11.1 Å². The van der Waals surface area contributed by atoms with E-state index in [9.17, 15) is 21.6 Å². The number of carbonyl (C=O) groups excluding carboxylic acids is 1. The van der Waals surface area contributed by atoms with Crippen molar-refractivity contribution in [2.24, 2.45) is 0 Å². The van der Waals surface area contributed by atoms with Crippen LogP contribution in [0.15, 0.2) is 17.0 Å². The Morgan fingerprint density at radius 3 is 2.24 bits per heavy atom. The fourth-order valence-electron chi connectivity index (χ4n) is 1.65. The van der Waals surface area contributed by atoms with Crippen LogP contribution in [0.2, 0.25) is 0 Å². The SMILES string of the molecule is Cc1cc(S(=O)(=O)Cl)cc(C(=O)NCCS(C)(=O)=O)c1C. The Labute approximate surface area is 128 Å². The molecule has 21 heavy (non-hydrogen) atoms. The summed E-state index contributed by atoms with van der Waals surface area (Å²) in [5.41, 5.74) is 1.36. The number of hydrogen-bond acceptors (Lipinski definition) is 5. The summed E-state index contributed by atoms with van der Waals surface area (Å²) in [6.07, 6.45) is 1.06. The maximum absolute atomic E-state index is 12.0. The molecule has 1 amide bonds. The maximum Gasteiger partial charge on any atom is 0.261 e. The third-order valence-electron chi connectivity index (χ3n) is 2.93. The molecule has 0 aliphatic carbocycles. The summed E-state index contributed by atoms with van der Waals surface area (Å²) in [6, 6.07) is 2.56. The van der Waals surface area contributed by atoms with Crippen molar-refractivity contribution in [2.45, 2.75) is 18.7 Å². The lowest BCUT2D eigenvalue weighted by Gasteiger charge is -2.11. The molecule has 0 fully saturated rings. The van der Waals surface area contributed by atoms with Gasteiger partial charge in [-0.15, -0.1) is 0 Å². The first-order valence-corrected chi connectivity index (χ1v) is 10.3. The molecule has 0 spiro atoms. The smallest absolute Gasteiger partial charge is 0.261 e. The summed E-state index contributed by atoms with van der Waals surface area (Å²) in [6.45, 7) is 3.29. The standard InChI is InChI=1S/C12H16ClNO5S2/c1-8-6-10(21(13,18)19)7-11(9(8)2)12(15)14-4-5-20(3,16)17/h6-7H,4-5H2,1-3H3,(H,14,15). The molecule has 118 valence electrons. The number of sulfone groups is 1. The Kier molecular flexibility index (Phi) is 5.40. The summed E-state index contributed by atoms with van der Waals surface area (Å²) >= 11 is 0. The van der Waals surface area contributed by atoms with Crippen LogP contribution in [0.5, 0.6) is 0 Å². The number of rotatable bonds is 5. The van der Waals surface area contributed by atoms with E-state index in [2.05, 4.69) is 5.32 Å². The largest absolute Gasteiger partial charge is 0.351 e. The molecule has 0 saturated heterocycles. The molecule has 0 unspecified atom stereocenters. The normalized spacial score (nSPS) is 12.2. The third kappa shape index (κ3) is 5.29. The highest BCUT2D eigenvalue weighted by atomic mass is 35.7. The number of amides is 1. The molecule has 0 radical (unpaired) electrons. The van der Waals surface area contributed by atoms with Crippen molar-refractivity contribution in [3.8, 4) is 0 Å². The van der Waals surface area contributed by atoms with Crippen LogP contribution in [0.3, 0.4) is 0 Å². The summed E-state index contributed by atoms with van der Waals surface area (Å²) < 4.78 is 44.8. The van der Waals surface area contributed by atoms with E-state index in [1.165, 1.54) is 12.1 Å². The van der Waals surface area contributed by atoms with Crippen molar-refractivity contribution in [1.82, 2.24) is 5.32 Å². The molecule has 9 heteroatoms. The van der Waals surface area contributed by atoms with Gasteiger partial charge >= 0.3 is 0 Å². The number of halogens is 1. The predicted octanol–water partition coefficient (Wildman–Crippen LogP) is 1.01. The summed E-state index contributed by atoms with van der Waals surface area (Å²) in [4.78, 5) is 11.9. The molecule has 6 nitrogen and oxygen atoms in total. The van der Waals surface area contributed by atoms with Crippen LogP contribution in [0.25, 0.3) is 0 Å². The Hall–Kier alpha value is -1.12. The molecular formula is C12H16ClNO5S2. The fourth-order valence-corrected chi connectivity index (χ4v) is 2.96. The van der Waals surface area contributed by atoms with Crippen molar-refractivity contribution in [2.75, 3.05) is 18.6 Å². The molecule has 0 heterocycles. The molecule has 0 bridgehead atoms. The highest BCUT2D eigenvalue weighted by molar-refractivity contribution is 8.13. The number of hydrogen-bond donors (Lipinski definition) is 1. The van der Waals surface area contributed by atoms with Gasteiger partial charge in [0.1, 0.15) is 9.84 Å². The molecule has 1 aromatic carbocycles. The minimum atomic E-state index is -3.95. The zero-order valence-corrected chi connectivity index (χ0v) is 14.2. The van der Waals surface area contributed by atoms with E-state index < -0.39 is 24.8 Å². The van der Waals surface area contributed by atoms with Crippen LogP contribution in [0.1, 0.15) is 21.5 Å². The molecule has 1 aromatic rings. The minimum absolute atomic E-state index is 0.0476. The number of aryl methyl sites for hydroxylation is 1. The van der Waals surface area contributed by atoms with Crippen LogP contribution in [-0.4, -0.2) is 41.3 Å². The zero-order valence-electron chi connectivity index (χ0n) is 11.8. The zero-order chi connectivity index (χ0) is 16.4. The Morgan fingerprint density at radius 2 is 1.76 bits per heavy atom. The van der Waals surface area contributed by atoms with Crippen LogP contribution < -0.4 is 5.32 Å². The van der Waals surface area contributed by atoms with Gasteiger partial charge < -0.3 is 5.32 Å². The first kappa shape index (κ1) is 17.9. The Bertz CT molecular complexity index is 769. The van der Waals surface area contributed by atoms with E-state index in [1.54, 1.807) is 13.8 Å². The topological polar surface area (TPSA) is 97.4 Å². The van der Waals surface area contributed by atoms with Gasteiger partial charge in [0.15, 0.2) is 0 Å². The second-order valence-electron chi connectivity index (χ2n) is 4.74. The number of benzene rings is 1. The average molecular weight is 354 g/mol. The van der Waals surface area contributed by atoms with Crippen molar-refractivity contribution in [3.05, 3.63) is 28.8 Å². The molecule has 0 aromatic heterocycles. The predicted molar refractivity (Wildman–Crippen MR) is 81.0 cm³/mol. The van der Waals surface area contributed by atoms with Crippen LogP contribution in [0.4, 0.5) is 0 Å². The fraction of sp³-hybridized carbons (Fsp3) is 0.417. The lowest BCUT2D eigenvalue weighted by atomic mass is 10.0. The van der Waals surface area contributed by atoms with Crippen LogP contribution >= 0.6 is 10.7 Å². The second-order valence-corrected chi connectivity index (χ2v) is 9.56. The Balaban J connectivity index is 3.07. The first-order chi connectivity index (χ1) is 9.42. The van der Waals surface area contributed by atoms with Gasteiger partial charge in [0, 0.05) is 29.0 Å². The second kappa shape index (κ2) is 6.33. The van der Waals surface area contributed by atoms with Gasteiger partial charge in [-0.05, 0) is 37.1 Å². The van der Waals surface area contributed by atoms with E-state index in [1.807, 2.05) is 0 Å². The van der Waals surface area contributed by atoms with Crippen LogP contribution in [-0.2, 0) is 18.9 Å². The van der Waals surface area contributed by atoms with Crippen molar-refractivity contribution >= 4 is 35.5 Å². The lowest BCUT2D eigenvalue weighted by Crippen LogP contribution is -2.29. The van der Waals surface area contributed by atoms with Crippen LogP contribution in [0, 0.1) is 13.8 Å². The summed E-state index contributed by atoms with van der Waals surface area (Å²) in [7, 11) is -1.84. The van der Waals surface area contributed by atoms with Gasteiger partial charge in [-0.1, -0.05) is 0 Å². The molecule has 0 aliphatic rings. The highest BCUT2D eigenvalue weighted by Gasteiger charge is 2.18. The summed E-state index contributed by atoms with van der Waals surface area (Å²) in [5, 5.41) is 2.45. The number of nitrogens with one attached hydrogen (secondary N) is 1. The molecule has 1 N–H and O–H groups in total. The number of carbonyl (C=O) groups is 1. The van der Waals surface area contributed by atoms with Gasteiger partial charge in [-0.3, -0.25) is 4.79 Å². The van der Waals surface area contributed by atoms with E-state index in [-0.39, 0.29) is 22.8 Å². The van der Waals surface area contributed by atoms with Gasteiger partial charge in [-0.2, -0.15) is 0 Å². The van der Waals surface area contributed by atoms with Gasteiger partial charge in [-0.25, -0.2) is 16.8 Å². The highest BCUT2D eigenvalue weighted by Crippen LogP contribution is 2.22. The molecular weight excluding hydrogens is 338 g/mol.